The van der Waals surface area contributed by atoms with Crippen molar-refractivity contribution >= 4 is 5.84 Å². The van der Waals surface area contributed by atoms with Gasteiger partial charge in [-0.05, 0) is 19.3 Å². The van der Waals surface area contributed by atoms with Gasteiger partial charge in [0, 0.05) is 25.6 Å². The van der Waals surface area contributed by atoms with Crippen LogP contribution in [0.4, 0.5) is 0 Å². The minimum Gasteiger partial charge on any atom is -0.381 e. The number of rotatable bonds is 1. The second-order valence-electron chi connectivity index (χ2n) is 3.64. The van der Waals surface area contributed by atoms with Crippen molar-refractivity contribution in [1.29, 1.82) is 5.41 Å². The molecule has 0 aromatic rings. The van der Waals surface area contributed by atoms with E-state index in [2.05, 4.69) is 4.90 Å². The molecule has 12 heavy (non-hydrogen) atoms. The predicted octanol–water partition coefficient (Wildman–Crippen LogP) is 1.10. The van der Waals surface area contributed by atoms with Gasteiger partial charge >= 0.3 is 0 Å². The van der Waals surface area contributed by atoms with E-state index in [0.29, 0.717) is 5.92 Å². The lowest BCUT2D eigenvalue weighted by Gasteiger charge is -2.21. The third-order valence-corrected chi connectivity index (χ3v) is 2.76. The summed E-state index contributed by atoms with van der Waals surface area (Å²) in [5.41, 5.74) is 0. The molecule has 0 spiro atoms. The van der Waals surface area contributed by atoms with Crippen molar-refractivity contribution in [3.05, 3.63) is 0 Å². The Morgan fingerprint density at radius 2 is 2.08 bits per heavy atom. The van der Waals surface area contributed by atoms with Gasteiger partial charge in [-0.3, -0.25) is 5.41 Å². The number of nitrogens with one attached hydrogen (secondary N) is 1. The van der Waals surface area contributed by atoms with E-state index in [-0.39, 0.29) is 0 Å². The molecule has 0 aromatic heterocycles. The van der Waals surface area contributed by atoms with Crippen molar-refractivity contribution in [3.8, 4) is 0 Å². The normalized spacial score (nSPS) is 29.7. The lowest BCUT2D eigenvalue weighted by atomic mass is 10.1. The summed E-state index contributed by atoms with van der Waals surface area (Å²) in [7, 11) is 0. The topological polar surface area (TPSA) is 36.3 Å². The quantitative estimate of drug-likeness (QED) is 0.470. The average Bonchev–Trinajstić information content (AvgIpc) is 2.77. The zero-order valence-electron chi connectivity index (χ0n) is 7.38. The molecular weight excluding hydrogens is 152 g/mol. The van der Waals surface area contributed by atoms with Crippen molar-refractivity contribution in [2.45, 2.75) is 19.3 Å². The molecule has 0 saturated carbocycles. The summed E-state index contributed by atoms with van der Waals surface area (Å²) in [6.07, 6.45) is 3.57. The van der Waals surface area contributed by atoms with Crippen molar-refractivity contribution in [2.75, 3.05) is 26.3 Å². The smallest absolute Gasteiger partial charge is 0.101 e. The van der Waals surface area contributed by atoms with E-state index in [1.54, 1.807) is 0 Å². The predicted molar refractivity (Wildman–Crippen MR) is 47.5 cm³/mol. The van der Waals surface area contributed by atoms with Crippen LogP contribution in [0.3, 0.4) is 0 Å². The molecule has 68 valence electrons. The number of ether oxygens (including phenoxy) is 1. The Morgan fingerprint density at radius 3 is 2.67 bits per heavy atom. The van der Waals surface area contributed by atoms with E-state index in [9.17, 15) is 0 Å². The van der Waals surface area contributed by atoms with E-state index in [0.717, 1.165) is 38.6 Å². The highest BCUT2D eigenvalue weighted by atomic mass is 16.5. The molecule has 2 rings (SSSR count). The lowest BCUT2D eigenvalue weighted by Crippen LogP contribution is -2.33. The second-order valence-corrected chi connectivity index (χ2v) is 3.64. The van der Waals surface area contributed by atoms with Crippen molar-refractivity contribution in [2.24, 2.45) is 5.92 Å². The lowest BCUT2D eigenvalue weighted by molar-refractivity contribution is 0.191. The Hall–Kier alpha value is -0.570. The van der Waals surface area contributed by atoms with Gasteiger partial charge in [-0.2, -0.15) is 0 Å². The minimum absolute atomic E-state index is 0.392. The first-order valence-electron chi connectivity index (χ1n) is 4.79. The standard InChI is InChI=1S/C9H16N2O/c10-9(8-3-6-12-7-8)11-4-1-2-5-11/h8,10H,1-7H2. The zero-order valence-corrected chi connectivity index (χ0v) is 7.38. The zero-order chi connectivity index (χ0) is 8.39. The molecule has 0 aliphatic carbocycles. The molecule has 0 bridgehead atoms. The molecule has 2 heterocycles. The summed E-state index contributed by atoms with van der Waals surface area (Å²) in [6, 6.07) is 0. The van der Waals surface area contributed by atoms with E-state index < -0.39 is 0 Å². The van der Waals surface area contributed by atoms with Gasteiger partial charge in [0.05, 0.1) is 6.61 Å². The van der Waals surface area contributed by atoms with E-state index in [1.807, 2.05) is 0 Å². The van der Waals surface area contributed by atoms with Crippen LogP contribution < -0.4 is 0 Å². The van der Waals surface area contributed by atoms with Crippen LogP contribution in [0.5, 0.6) is 0 Å². The van der Waals surface area contributed by atoms with Gasteiger partial charge in [0.25, 0.3) is 0 Å². The van der Waals surface area contributed by atoms with Crippen LogP contribution >= 0.6 is 0 Å². The molecule has 3 heteroatoms. The summed E-state index contributed by atoms with van der Waals surface area (Å²) in [6.45, 7) is 3.81. The van der Waals surface area contributed by atoms with Gasteiger partial charge in [-0.15, -0.1) is 0 Å². The van der Waals surface area contributed by atoms with Gasteiger partial charge < -0.3 is 9.64 Å². The van der Waals surface area contributed by atoms with Crippen LogP contribution in [-0.4, -0.2) is 37.0 Å². The first-order chi connectivity index (χ1) is 5.88. The fraction of sp³-hybridized carbons (Fsp3) is 0.889. The molecule has 1 unspecified atom stereocenters. The van der Waals surface area contributed by atoms with E-state index in [4.69, 9.17) is 10.1 Å². The Labute approximate surface area is 73.2 Å². The number of likely N-dealkylation sites (tertiary alicyclic amines) is 1. The fourth-order valence-corrected chi connectivity index (χ4v) is 1.97. The van der Waals surface area contributed by atoms with Gasteiger partial charge in [0.15, 0.2) is 0 Å². The van der Waals surface area contributed by atoms with Gasteiger partial charge in [0.1, 0.15) is 5.84 Å². The highest BCUT2D eigenvalue weighted by Crippen LogP contribution is 2.18. The highest BCUT2D eigenvalue weighted by molar-refractivity contribution is 5.82. The van der Waals surface area contributed by atoms with Crippen molar-refractivity contribution in [1.82, 2.24) is 4.90 Å². The Morgan fingerprint density at radius 1 is 1.33 bits per heavy atom. The van der Waals surface area contributed by atoms with Crippen molar-refractivity contribution in [3.63, 3.8) is 0 Å². The van der Waals surface area contributed by atoms with Gasteiger partial charge in [-0.1, -0.05) is 0 Å². The molecule has 1 N–H and O–H groups in total. The number of amidine groups is 1. The maximum absolute atomic E-state index is 7.93. The molecular formula is C9H16N2O. The molecule has 0 radical (unpaired) electrons. The second kappa shape index (κ2) is 3.44. The Bertz CT molecular complexity index is 151. The minimum atomic E-state index is 0.392. The SMILES string of the molecule is N=C(C1CCOC1)N1CCCC1. The fourth-order valence-electron chi connectivity index (χ4n) is 1.97. The Kier molecular flexibility index (Phi) is 2.30. The first-order valence-corrected chi connectivity index (χ1v) is 4.79. The molecule has 1 atom stereocenters. The van der Waals surface area contributed by atoms with Gasteiger partial charge in [-0.25, -0.2) is 0 Å². The summed E-state index contributed by atoms with van der Waals surface area (Å²) in [5, 5.41) is 7.93. The summed E-state index contributed by atoms with van der Waals surface area (Å²) in [5.74, 6) is 1.22. The summed E-state index contributed by atoms with van der Waals surface area (Å²) >= 11 is 0. The number of nitrogens with zero attached hydrogens (tertiary/aromatic N) is 1. The summed E-state index contributed by atoms with van der Waals surface area (Å²) in [4.78, 5) is 2.21. The van der Waals surface area contributed by atoms with Gasteiger partial charge in [0.2, 0.25) is 0 Å². The largest absolute Gasteiger partial charge is 0.381 e. The number of hydrogen-bond acceptors (Lipinski definition) is 2. The average molecular weight is 168 g/mol. The molecule has 2 aliphatic rings. The third-order valence-electron chi connectivity index (χ3n) is 2.76. The monoisotopic (exact) mass is 168 g/mol. The van der Waals surface area contributed by atoms with Crippen LogP contribution in [-0.2, 0) is 4.74 Å². The van der Waals surface area contributed by atoms with Crippen LogP contribution in [0.2, 0.25) is 0 Å². The number of hydrogen-bond donors (Lipinski definition) is 1. The Balaban J connectivity index is 1.89. The third kappa shape index (κ3) is 1.46. The van der Waals surface area contributed by atoms with Crippen LogP contribution in [0.15, 0.2) is 0 Å². The maximum atomic E-state index is 7.93. The molecule has 0 aromatic carbocycles. The van der Waals surface area contributed by atoms with Crippen LogP contribution in [0, 0.1) is 11.3 Å². The molecule has 2 aliphatic heterocycles. The molecule has 2 saturated heterocycles. The van der Waals surface area contributed by atoms with E-state index >= 15 is 0 Å². The molecule has 2 fully saturated rings. The maximum Gasteiger partial charge on any atom is 0.101 e. The summed E-state index contributed by atoms with van der Waals surface area (Å²) < 4.78 is 5.27. The van der Waals surface area contributed by atoms with Crippen LogP contribution in [0.25, 0.3) is 0 Å². The first kappa shape index (κ1) is 8.05. The molecule has 3 nitrogen and oxygen atoms in total. The van der Waals surface area contributed by atoms with Crippen molar-refractivity contribution < 1.29 is 4.74 Å². The highest BCUT2D eigenvalue weighted by Gasteiger charge is 2.25. The van der Waals surface area contributed by atoms with Crippen LogP contribution in [0.1, 0.15) is 19.3 Å². The van der Waals surface area contributed by atoms with E-state index in [1.165, 1.54) is 12.8 Å². The molecule has 0 amide bonds.